The van der Waals surface area contributed by atoms with Crippen molar-refractivity contribution in [1.29, 1.82) is 0 Å². The molecular weight excluding hydrogens is 360 g/mol. The number of hydrogen-bond donors (Lipinski definition) is 1. The molecule has 0 fully saturated rings. The van der Waals surface area contributed by atoms with Crippen molar-refractivity contribution >= 4 is 29.3 Å². The molecule has 0 radical (unpaired) electrons. The lowest BCUT2D eigenvalue weighted by molar-refractivity contribution is -0.152. The Kier molecular flexibility index (Phi) is 7.15. The van der Waals surface area contributed by atoms with Crippen LogP contribution in [-0.4, -0.2) is 23.7 Å². The van der Waals surface area contributed by atoms with Crippen molar-refractivity contribution in [2.75, 3.05) is 5.32 Å². The first-order valence-corrected chi connectivity index (χ1v) is 8.82. The molecule has 1 atom stereocenters. The Morgan fingerprint density at radius 3 is 2.27 bits per heavy atom. The van der Waals surface area contributed by atoms with Gasteiger partial charge in [0.2, 0.25) is 0 Å². The number of thioether (sulfide) groups is 1. The second kappa shape index (κ2) is 9.33. The summed E-state index contributed by atoms with van der Waals surface area (Å²) in [6.07, 6.45) is -0.889. The molecule has 1 N–H and O–H groups in total. The monoisotopic (exact) mass is 379 g/mol. The minimum Gasteiger partial charge on any atom is -0.452 e. The molecule has 0 aliphatic heterocycles. The third kappa shape index (κ3) is 6.48. The van der Waals surface area contributed by atoms with Crippen molar-refractivity contribution in [1.82, 2.24) is 0 Å². The molecule has 2 rings (SSSR count). The predicted molar refractivity (Wildman–Crippen MR) is 97.4 cm³/mol. The number of hydrogen-bond acceptors (Lipinski definition) is 4. The van der Waals surface area contributed by atoms with Crippen molar-refractivity contribution in [3.63, 3.8) is 0 Å². The summed E-state index contributed by atoms with van der Waals surface area (Å²) in [6.45, 7) is 3.43. The highest BCUT2D eigenvalue weighted by atomic mass is 32.2. The van der Waals surface area contributed by atoms with Gasteiger partial charge in [-0.2, -0.15) is 8.78 Å². The van der Waals surface area contributed by atoms with Crippen LogP contribution >= 0.6 is 11.8 Å². The van der Waals surface area contributed by atoms with E-state index in [1.807, 2.05) is 31.2 Å². The number of anilines is 1. The summed E-state index contributed by atoms with van der Waals surface area (Å²) >= 11 is 0.427. The lowest BCUT2D eigenvalue weighted by Crippen LogP contribution is -2.30. The van der Waals surface area contributed by atoms with E-state index in [4.69, 9.17) is 4.74 Å². The summed E-state index contributed by atoms with van der Waals surface area (Å²) in [5.74, 6) is -3.49. The van der Waals surface area contributed by atoms with E-state index in [0.29, 0.717) is 22.3 Å². The van der Waals surface area contributed by atoms with Gasteiger partial charge in [-0.15, -0.1) is 0 Å². The number of carbonyl (C=O) groups is 2. The van der Waals surface area contributed by atoms with Crippen LogP contribution in [0.15, 0.2) is 53.4 Å². The summed E-state index contributed by atoms with van der Waals surface area (Å²) in [4.78, 5) is 24.4. The minimum absolute atomic E-state index is 0.0808. The van der Waals surface area contributed by atoms with Crippen molar-refractivity contribution in [2.24, 2.45) is 0 Å². The Balaban J connectivity index is 1.84. The second-order valence-corrected chi connectivity index (χ2v) is 6.75. The average Bonchev–Trinajstić information content (AvgIpc) is 2.58. The number of ether oxygens (including phenoxy) is 1. The Hall–Kier alpha value is -2.41. The van der Waals surface area contributed by atoms with Crippen molar-refractivity contribution in [2.45, 2.75) is 37.0 Å². The van der Waals surface area contributed by atoms with Crippen molar-refractivity contribution in [3.8, 4) is 0 Å². The van der Waals surface area contributed by atoms with Crippen molar-refractivity contribution < 1.29 is 23.1 Å². The molecule has 138 valence electrons. The maximum Gasteiger partial charge on any atom is 0.311 e. The van der Waals surface area contributed by atoms with Crippen LogP contribution in [0.5, 0.6) is 0 Å². The maximum absolute atomic E-state index is 12.3. The third-order valence-corrected chi connectivity index (χ3v) is 4.22. The summed E-state index contributed by atoms with van der Waals surface area (Å²) < 4.78 is 29.7. The molecule has 0 aromatic heterocycles. The zero-order chi connectivity index (χ0) is 19.1. The first-order valence-electron chi connectivity index (χ1n) is 7.94. The largest absolute Gasteiger partial charge is 0.452 e. The molecule has 2 aromatic carbocycles. The molecule has 1 amide bonds. The molecule has 7 heteroatoms. The number of carbonyl (C=O) groups excluding carboxylic acids is 2. The maximum atomic E-state index is 12.3. The van der Waals surface area contributed by atoms with Crippen LogP contribution in [0.3, 0.4) is 0 Å². The zero-order valence-corrected chi connectivity index (χ0v) is 15.2. The molecule has 0 spiro atoms. The van der Waals surface area contributed by atoms with Crippen LogP contribution in [0.25, 0.3) is 0 Å². The molecule has 0 aliphatic rings. The first kappa shape index (κ1) is 19.9. The predicted octanol–water partition coefficient (Wildman–Crippen LogP) is 4.42. The van der Waals surface area contributed by atoms with E-state index in [2.05, 4.69) is 5.32 Å². The normalized spacial score (nSPS) is 11.9. The standard InChI is InChI=1S/C19H19F2NO3S/c1-12-3-5-14(6-4-12)11-17(23)25-13(2)18(24)22-15-7-9-16(10-8-15)26-19(20)21/h3-10,13,19H,11H2,1-2H3,(H,22,24)/t13-/m1/s1. The van der Waals surface area contributed by atoms with E-state index in [-0.39, 0.29) is 6.42 Å². The summed E-state index contributed by atoms with van der Waals surface area (Å²) in [5.41, 5.74) is 2.34. The Morgan fingerprint density at radius 1 is 1.08 bits per heavy atom. The number of esters is 1. The second-order valence-electron chi connectivity index (χ2n) is 5.69. The zero-order valence-electron chi connectivity index (χ0n) is 14.4. The van der Waals surface area contributed by atoms with Crippen LogP contribution in [0.2, 0.25) is 0 Å². The van der Waals surface area contributed by atoms with Crippen LogP contribution in [0.1, 0.15) is 18.1 Å². The summed E-state index contributed by atoms with van der Waals surface area (Å²) in [6, 6.07) is 13.5. The van der Waals surface area contributed by atoms with Gasteiger partial charge in [-0.3, -0.25) is 9.59 Å². The van der Waals surface area contributed by atoms with Gasteiger partial charge in [0.1, 0.15) is 0 Å². The smallest absolute Gasteiger partial charge is 0.311 e. The molecule has 0 saturated carbocycles. The van der Waals surface area contributed by atoms with Crippen LogP contribution in [-0.2, 0) is 20.7 Å². The van der Waals surface area contributed by atoms with Gasteiger partial charge in [0, 0.05) is 10.6 Å². The van der Waals surface area contributed by atoms with E-state index in [0.717, 1.165) is 11.1 Å². The summed E-state index contributed by atoms with van der Waals surface area (Å²) in [7, 11) is 0. The molecule has 0 aliphatic carbocycles. The molecule has 0 bridgehead atoms. The Morgan fingerprint density at radius 2 is 1.69 bits per heavy atom. The van der Waals surface area contributed by atoms with E-state index in [1.165, 1.54) is 31.2 Å². The minimum atomic E-state index is -2.50. The lowest BCUT2D eigenvalue weighted by atomic mass is 10.1. The number of rotatable bonds is 7. The number of aryl methyl sites for hydroxylation is 1. The van der Waals surface area contributed by atoms with Gasteiger partial charge in [-0.25, -0.2) is 0 Å². The molecule has 4 nitrogen and oxygen atoms in total. The SMILES string of the molecule is Cc1ccc(CC(=O)O[C@H](C)C(=O)Nc2ccc(SC(F)F)cc2)cc1. The molecule has 0 saturated heterocycles. The van der Waals surface area contributed by atoms with Gasteiger partial charge in [0.05, 0.1) is 6.42 Å². The number of nitrogens with one attached hydrogen (secondary N) is 1. The molecular formula is C19H19F2NO3S. The topological polar surface area (TPSA) is 55.4 Å². The number of alkyl halides is 2. The Bertz CT molecular complexity index is 748. The fourth-order valence-electron chi connectivity index (χ4n) is 2.13. The number of amides is 1. The molecule has 0 heterocycles. The van der Waals surface area contributed by atoms with E-state index in [9.17, 15) is 18.4 Å². The molecule has 2 aromatic rings. The fourth-order valence-corrected chi connectivity index (χ4v) is 2.63. The highest BCUT2D eigenvalue weighted by molar-refractivity contribution is 7.99. The van der Waals surface area contributed by atoms with Gasteiger partial charge in [0.25, 0.3) is 11.7 Å². The van der Waals surface area contributed by atoms with E-state index in [1.54, 1.807) is 0 Å². The first-order chi connectivity index (χ1) is 12.3. The van der Waals surface area contributed by atoms with Gasteiger partial charge in [-0.05, 0) is 43.7 Å². The average molecular weight is 379 g/mol. The Labute approximate surface area is 154 Å². The molecule has 26 heavy (non-hydrogen) atoms. The van der Waals surface area contributed by atoms with Crippen LogP contribution < -0.4 is 5.32 Å². The molecule has 0 unspecified atom stereocenters. The van der Waals surface area contributed by atoms with Crippen LogP contribution in [0.4, 0.5) is 14.5 Å². The van der Waals surface area contributed by atoms with Crippen LogP contribution in [0, 0.1) is 6.92 Å². The van der Waals surface area contributed by atoms with E-state index < -0.39 is 23.7 Å². The van der Waals surface area contributed by atoms with Gasteiger partial charge in [0.15, 0.2) is 6.10 Å². The van der Waals surface area contributed by atoms with E-state index >= 15 is 0 Å². The summed E-state index contributed by atoms with van der Waals surface area (Å²) in [5, 5.41) is 2.59. The lowest BCUT2D eigenvalue weighted by Gasteiger charge is -2.14. The van der Waals surface area contributed by atoms with Gasteiger partial charge in [-0.1, -0.05) is 41.6 Å². The van der Waals surface area contributed by atoms with Gasteiger partial charge < -0.3 is 10.1 Å². The fraction of sp³-hybridized carbons (Fsp3) is 0.263. The third-order valence-electron chi connectivity index (χ3n) is 3.49. The highest BCUT2D eigenvalue weighted by Crippen LogP contribution is 2.26. The van der Waals surface area contributed by atoms with Crippen molar-refractivity contribution in [3.05, 3.63) is 59.7 Å². The highest BCUT2D eigenvalue weighted by Gasteiger charge is 2.18. The number of halogens is 2. The quantitative estimate of drug-likeness (QED) is 0.571. The number of benzene rings is 2. The van der Waals surface area contributed by atoms with Gasteiger partial charge >= 0.3 is 5.97 Å².